The molecule has 1 atom stereocenters. The molecule has 1 fully saturated rings. The number of amides is 2. The van der Waals surface area contributed by atoms with Crippen molar-refractivity contribution in [2.24, 2.45) is 0 Å². The van der Waals surface area contributed by atoms with Gasteiger partial charge in [0.25, 0.3) is 0 Å². The number of carbonyl (C=O) groups is 1. The molecule has 2 heterocycles. The van der Waals surface area contributed by atoms with Gasteiger partial charge in [-0.3, -0.25) is 0 Å². The zero-order valence-electron chi connectivity index (χ0n) is 14.5. The molecule has 0 aromatic heterocycles. The first-order chi connectivity index (χ1) is 12.2. The number of ether oxygens (including phenoxy) is 2. The third-order valence-corrected chi connectivity index (χ3v) is 4.55. The Hall–Kier alpha value is -1.99. The Morgan fingerprint density at radius 2 is 1.96 bits per heavy atom. The lowest BCUT2D eigenvalue weighted by atomic mass is 10.1. The molecule has 1 aromatic carbocycles. The maximum Gasteiger partial charge on any atom is 0.314 e. The van der Waals surface area contributed by atoms with E-state index >= 15 is 0 Å². The summed E-state index contributed by atoms with van der Waals surface area (Å²) in [6, 6.07) is 5.53. The lowest BCUT2D eigenvalue weighted by Gasteiger charge is -2.28. The highest BCUT2D eigenvalue weighted by Gasteiger charge is 2.15. The molecule has 2 amide bonds. The molecule has 0 saturated carbocycles. The molecule has 7 heteroatoms. The standard InChI is InChI=1S/C18H27N3O4/c22-15(12-21-8-2-1-3-9-21)11-20-18(23)19-7-6-14-4-5-16-17(10-14)25-13-24-16/h4-5,10,15,22H,1-3,6-9,11-13H2,(H2,19,20,23). The SMILES string of the molecule is O=C(NCCc1ccc2c(c1)OCO2)NCC(O)CN1CCCCC1. The van der Waals surface area contributed by atoms with Crippen LogP contribution in [0.2, 0.25) is 0 Å². The molecule has 7 nitrogen and oxygen atoms in total. The molecule has 0 radical (unpaired) electrons. The number of nitrogens with zero attached hydrogens (tertiary/aromatic N) is 1. The minimum atomic E-state index is -0.530. The van der Waals surface area contributed by atoms with Crippen LogP contribution < -0.4 is 20.1 Å². The van der Waals surface area contributed by atoms with Gasteiger partial charge in [0.05, 0.1) is 6.10 Å². The number of aliphatic hydroxyl groups is 1. The Labute approximate surface area is 148 Å². The fourth-order valence-electron chi connectivity index (χ4n) is 3.19. The molecule has 1 unspecified atom stereocenters. The number of fused-ring (bicyclic) bond motifs is 1. The zero-order valence-corrected chi connectivity index (χ0v) is 14.5. The molecule has 2 aliphatic rings. The van der Waals surface area contributed by atoms with Crippen molar-refractivity contribution >= 4 is 6.03 Å². The summed E-state index contributed by atoms with van der Waals surface area (Å²) in [7, 11) is 0. The third kappa shape index (κ3) is 5.51. The number of hydrogen-bond acceptors (Lipinski definition) is 5. The van der Waals surface area contributed by atoms with E-state index in [1.807, 2.05) is 18.2 Å². The second-order valence-electron chi connectivity index (χ2n) is 6.59. The minimum absolute atomic E-state index is 0.251. The summed E-state index contributed by atoms with van der Waals surface area (Å²) in [5.74, 6) is 1.51. The highest BCUT2D eigenvalue weighted by Crippen LogP contribution is 2.32. The summed E-state index contributed by atoms with van der Waals surface area (Å²) in [5, 5.41) is 15.6. The lowest BCUT2D eigenvalue weighted by Crippen LogP contribution is -2.45. The molecule has 0 spiro atoms. The summed E-state index contributed by atoms with van der Waals surface area (Å²) in [6.07, 6.45) is 3.84. The van der Waals surface area contributed by atoms with Gasteiger partial charge in [0.1, 0.15) is 0 Å². The molecule has 0 bridgehead atoms. The Bertz CT molecular complexity index is 575. The average Bonchev–Trinajstić information content (AvgIpc) is 3.09. The van der Waals surface area contributed by atoms with Gasteiger partial charge in [-0.05, 0) is 50.0 Å². The van der Waals surface area contributed by atoms with Crippen molar-refractivity contribution in [2.75, 3.05) is 39.5 Å². The van der Waals surface area contributed by atoms with Crippen LogP contribution in [-0.2, 0) is 6.42 Å². The van der Waals surface area contributed by atoms with E-state index in [1.54, 1.807) is 0 Å². The van der Waals surface area contributed by atoms with Crippen LogP contribution in [0.4, 0.5) is 4.79 Å². The number of benzene rings is 1. The fourth-order valence-corrected chi connectivity index (χ4v) is 3.19. The lowest BCUT2D eigenvalue weighted by molar-refractivity contribution is 0.101. The first kappa shape index (κ1) is 17.8. The summed E-state index contributed by atoms with van der Waals surface area (Å²) < 4.78 is 10.6. The second kappa shape index (κ2) is 8.92. The van der Waals surface area contributed by atoms with Gasteiger partial charge >= 0.3 is 6.03 Å². The number of hydrogen-bond donors (Lipinski definition) is 3. The van der Waals surface area contributed by atoms with E-state index in [1.165, 1.54) is 19.3 Å². The van der Waals surface area contributed by atoms with Crippen LogP contribution in [0.5, 0.6) is 11.5 Å². The summed E-state index contributed by atoms with van der Waals surface area (Å²) >= 11 is 0. The Morgan fingerprint density at radius 1 is 1.16 bits per heavy atom. The van der Waals surface area contributed by atoms with Gasteiger partial charge in [0, 0.05) is 19.6 Å². The number of carbonyl (C=O) groups excluding carboxylic acids is 1. The van der Waals surface area contributed by atoms with Gasteiger partial charge < -0.3 is 30.1 Å². The van der Waals surface area contributed by atoms with E-state index in [-0.39, 0.29) is 19.4 Å². The molecule has 3 N–H and O–H groups in total. The summed E-state index contributed by atoms with van der Waals surface area (Å²) in [6.45, 7) is 3.76. The molecule has 2 aliphatic heterocycles. The van der Waals surface area contributed by atoms with Crippen molar-refractivity contribution in [3.63, 3.8) is 0 Å². The van der Waals surface area contributed by atoms with Crippen molar-refractivity contribution in [3.8, 4) is 11.5 Å². The van der Waals surface area contributed by atoms with E-state index in [4.69, 9.17) is 9.47 Å². The van der Waals surface area contributed by atoms with Gasteiger partial charge in [-0.1, -0.05) is 12.5 Å². The predicted molar refractivity (Wildman–Crippen MR) is 94.0 cm³/mol. The van der Waals surface area contributed by atoms with Gasteiger partial charge in [-0.25, -0.2) is 4.79 Å². The maximum absolute atomic E-state index is 11.8. The van der Waals surface area contributed by atoms with E-state index in [9.17, 15) is 9.90 Å². The summed E-state index contributed by atoms with van der Waals surface area (Å²) in [5.41, 5.74) is 1.08. The molecule has 25 heavy (non-hydrogen) atoms. The van der Waals surface area contributed by atoms with Crippen molar-refractivity contribution in [1.82, 2.24) is 15.5 Å². The largest absolute Gasteiger partial charge is 0.454 e. The fraction of sp³-hybridized carbons (Fsp3) is 0.611. The molecular formula is C18H27N3O4. The quantitative estimate of drug-likeness (QED) is 0.687. The third-order valence-electron chi connectivity index (χ3n) is 4.55. The van der Waals surface area contributed by atoms with Gasteiger partial charge in [-0.15, -0.1) is 0 Å². The number of likely N-dealkylation sites (tertiary alicyclic amines) is 1. The van der Waals surface area contributed by atoms with Gasteiger partial charge in [-0.2, -0.15) is 0 Å². The van der Waals surface area contributed by atoms with E-state index in [0.29, 0.717) is 19.5 Å². The molecule has 1 aromatic rings. The second-order valence-corrected chi connectivity index (χ2v) is 6.59. The number of urea groups is 1. The Morgan fingerprint density at radius 3 is 2.80 bits per heavy atom. The molecule has 138 valence electrons. The highest BCUT2D eigenvalue weighted by atomic mass is 16.7. The number of piperidine rings is 1. The van der Waals surface area contributed by atoms with Crippen LogP contribution in [0, 0.1) is 0 Å². The van der Waals surface area contributed by atoms with Crippen LogP contribution in [0.1, 0.15) is 24.8 Å². The normalized spacial score (nSPS) is 18.0. The molecular weight excluding hydrogens is 322 g/mol. The number of rotatable bonds is 7. The van der Waals surface area contributed by atoms with E-state index in [2.05, 4.69) is 15.5 Å². The predicted octanol–water partition coefficient (Wildman–Crippen LogP) is 1.10. The van der Waals surface area contributed by atoms with Crippen molar-refractivity contribution in [3.05, 3.63) is 23.8 Å². The average molecular weight is 349 g/mol. The number of β-amino-alcohol motifs (C(OH)–C–C–N with tert-alkyl or cyclic N) is 1. The first-order valence-electron chi connectivity index (χ1n) is 9.01. The molecule has 3 rings (SSSR count). The minimum Gasteiger partial charge on any atom is -0.454 e. The van der Waals surface area contributed by atoms with Crippen LogP contribution in [0.15, 0.2) is 18.2 Å². The maximum atomic E-state index is 11.8. The molecule has 1 saturated heterocycles. The zero-order chi connectivity index (χ0) is 17.5. The monoisotopic (exact) mass is 349 g/mol. The van der Waals surface area contributed by atoms with E-state index < -0.39 is 6.10 Å². The van der Waals surface area contributed by atoms with Crippen molar-refractivity contribution in [1.29, 1.82) is 0 Å². The van der Waals surface area contributed by atoms with Crippen LogP contribution in [-0.4, -0.2) is 61.7 Å². The Kier molecular flexibility index (Phi) is 6.36. The number of nitrogens with one attached hydrogen (secondary N) is 2. The Balaban J connectivity index is 1.30. The van der Waals surface area contributed by atoms with E-state index in [0.717, 1.165) is 30.2 Å². The van der Waals surface area contributed by atoms with Crippen LogP contribution in [0.3, 0.4) is 0 Å². The van der Waals surface area contributed by atoms with Crippen molar-refractivity contribution < 1.29 is 19.4 Å². The van der Waals surface area contributed by atoms with Crippen LogP contribution in [0.25, 0.3) is 0 Å². The van der Waals surface area contributed by atoms with Gasteiger partial charge in [0.2, 0.25) is 6.79 Å². The highest BCUT2D eigenvalue weighted by molar-refractivity contribution is 5.73. The smallest absolute Gasteiger partial charge is 0.314 e. The number of aliphatic hydroxyl groups excluding tert-OH is 1. The molecule has 0 aliphatic carbocycles. The van der Waals surface area contributed by atoms with Crippen LogP contribution >= 0.6 is 0 Å². The summed E-state index contributed by atoms with van der Waals surface area (Å²) in [4.78, 5) is 14.1. The van der Waals surface area contributed by atoms with Crippen molar-refractivity contribution in [2.45, 2.75) is 31.8 Å². The first-order valence-corrected chi connectivity index (χ1v) is 9.01. The van der Waals surface area contributed by atoms with Gasteiger partial charge in [0.15, 0.2) is 11.5 Å². The topological polar surface area (TPSA) is 83.1 Å².